The van der Waals surface area contributed by atoms with Gasteiger partial charge in [0.2, 0.25) is 5.91 Å². The van der Waals surface area contributed by atoms with Gasteiger partial charge in [0.25, 0.3) is 0 Å². The van der Waals surface area contributed by atoms with Crippen LogP contribution < -0.4 is 21.3 Å². The summed E-state index contributed by atoms with van der Waals surface area (Å²) >= 11 is 10.1. The SMILES string of the molecule is Brc1cnc2c(c1)CCCN2.NC(=O)N1CCCc2cc(Br)cnc21.O=C1CCc2cc(Br)cnc2N1. The summed E-state index contributed by atoms with van der Waals surface area (Å²) in [5.74, 6) is 2.51. The number of primary amides is 1. The number of halogens is 3. The first-order valence-electron chi connectivity index (χ1n) is 11.8. The van der Waals surface area contributed by atoms with Crippen LogP contribution in [0, 0.1) is 0 Å². The molecule has 4 N–H and O–H groups in total. The van der Waals surface area contributed by atoms with E-state index >= 15 is 0 Å². The van der Waals surface area contributed by atoms with Crippen molar-refractivity contribution in [3.05, 3.63) is 66.9 Å². The van der Waals surface area contributed by atoms with Gasteiger partial charge in [0.1, 0.15) is 17.5 Å². The summed E-state index contributed by atoms with van der Waals surface area (Å²) in [6.45, 7) is 1.72. The van der Waals surface area contributed by atoms with E-state index in [0.717, 1.165) is 62.6 Å². The molecule has 0 spiro atoms. The first-order valence-corrected chi connectivity index (χ1v) is 14.2. The molecule has 0 aliphatic carbocycles. The van der Waals surface area contributed by atoms with Crippen LogP contribution >= 0.6 is 47.8 Å². The first kappa shape index (κ1) is 27.5. The van der Waals surface area contributed by atoms with E-state index in [1.54, 1.807) is 12.4 Å². The predicted molar refractivity (Wildman–Crippen MR) is 155 cm³/mol. The van der Waals surface area contributed by atoms with Crippen LogP contribution in [0.5, 0.6) is 0 Å². The van der Waals surface area contributed by atoms with Crippen molar-refractivity contribution in [2.75, 3.05) is 28.6 Å². The lowest BCUT2D eigenvalue weighted by Gasteiger charge is -2.26. The van der Waals surface area contributed by atoms with Crippen molar-refractivity contribution < 1.29 is 9.59 Å². The van der Waals surface area contributed by atoms with E-state index < -0.39 is 6.03 Å². The zero-order valence-electron chi connectivity index (χ0n) is 19.9. The van der Waals surface area contributed by atoms with E-state index in [2.05, 4.69) is 79.4 Å². The molecule has 9 nitrogen and oxygen atoms in total. The number of hydrogen-bond acceptors (Lipinski definition) is 6. The molecule has 0 bridgehead atoms. The smallest absolute Gasteiger partial charge is 0.320 e. The van der Waals surface area contributed by atoms with E-state index in [9.17, 15) is 9.59 Å². The van der Waals surface area contributed by atoms with Gasteiger partial charge in [-0.15, -0.1) is 0 Å². The Balaban J connectivity index is 0.000000131. The largest absolute Gasteiger partial charge is 0.370 e. The summed E-state index contributed by atoms with van der Waals surface area (Å²) in [6.07, 6.45) is 10.8. The van der Waals surface area contributed by atoms with E-state index in [4.69, 9.17) is 5.73 Å². The van der Waals surface area contributed by atoms with E-state index in [-0.39, 0.29) is 5.91 Å². The van der Waals surface area contributed by atoms with E-state index in [1.165, 1.54) is 16.9 Å². The van der Waals surface area contributed by atoms with Gasteiger partial charge in [-0.05, 0) is 115 Å². The first-order chi connectivity index (χ1) is 17.8. The molecule has 3 aromatic rings. The number of aryl methyl sites for hydroxylation is 3. The van der Waals surface area contributed by atoms with Gasteiger partial charge in [-0.1, -0.05) is 0 Å². The second kappa shape index (κ2) is 12.8. The van der Waals surface area contributed by atoms with Crippen molar-refractivity contribution in [2.45, 2.75) is 38.5 Å². The number of nitrogens with zero attached hydrogens (tertiary/aromatic N) is 4. The van der Waals surface area contributed by atoms with Gasteiger partial charge in [0.15, 0.2) is 0 Å². The van der Waals surface area contributed by atoms with Crippen molar-refractivity contribution in [3.63, 3.8) is 0 Å². The summed E-state index contributed by atoms with van der Waals surface area (Å²) in [5, 5.41) is 5.97. The summed E-state index contributed by atoms with van der Waals surface area (Å²) < 4.78 is 2.96. The zero-order chi connectivity index (χ0) is 26.4. The van der Waals surface area contributed by atoms with Gasteiger partial charge < -0.3 is 16.4 Å². The third kappa shape index (κ3) is 7.48. The third-order valence-electron chi connectivity index (χ3n) is 5.92. The Labute approximate surface area is 240 Å². The van der Waals surface area contributed by atoms with Gasteiger partial charge in [-0.2, -0.15) is 0 Å². The summed E-state index contributed by atoms with van der Waals surface area (Å²) in [7, 11) is 0. The molecule has 3 aromatic heterocycles. The number of amides is 3. The molecule has 0 unspecified atom stereocenters. The Hall–Kier alpha value is -2.57. The number of nitrogens with one attached hydrogen (secondary N) is 2. The quantitative estimate of drug-likeness (QED) is 0.281. The number of fused-ring (bicyclic) bond motifs is 3. The highest BCUT2D eigenvalue weighted by Gasteiger charge is 2.21. The minimum atomic E-state index is -0.430. The number of carbonyl (C=O) groups is 2. The number of aromatic nitrogens is 3. The highest BCUT2D eigenvalue weighted by atomic mass is 79.9. The predicted octanol–water partition coefficient (Wildman–Crippen LogP) is 5.61. The molecule has 0 aromatic carbocycles. The van der Waals surface area contributed by atoms with Crippen LogP contribution in [-0.2, 0) is 24.1 Å². The highest BCUT2D eigenvalue weighted by molar-refractivity contribution is 9.11. The second-order valence-corrected chi connectivity index (χ2v) is 11.4. The lowest BCUT2D eigenvalue weighted by Crippen LogP contribution is -2.40. The van der Waals surface area contributed by atoms with Crippen LogP contribution in [0.3, 0.4) is 0 Å². The molecule has 3 aliphatic heterocycles. The third-order valence-corrected chi connectivity index (χ3v) is 7.22. The molecule has 0 radical (unpaired) electrons. The van der Waals surface area contributed by atoms with Crippen molar-refractivity contribution in [1.82, 2.24) is 15.0 Å². The summed E-state index contributed by atoms with van der Waals surface area (Å²) in [4.78, 5) is 36.1. The fraction of sp³-hybridized carbons (Fsp3) is 0.320. The molecule has 194 valence electrons. The van der Waals surface area contributed by atoms with Crippen molar-refractivity contribution in [1.29, 1.82) is 0 Å². The van der Waals surface area contributed by atoms with Crippen LogP contribution in [0.2, 0.25) is 0 Å². The average molecular weight is 696 g/mol. The normalized spacial score (nSPS) is 15.2. The molecular weight excluding hydrogens is 670 g/mol. The molecule has 6 heterocycles. The number of carbonyl (C=O) groups excluding carboxylic acids is 2. The van der Waals surface area contributed by atoms with Crippen molar-refractivity contribution >= 4 is 77.2 Å². The average Bonchev–Trinajstić information content (AvgIpc) is 2.89. The van der Waals surface area contributed by atoms with Gasteiger partial charge in [0.05, 0.1) is 0 Å². The Bertz CT molecular complexity index is 1310. The second-order valence-electron chi connectivity index (χ2n) is 8.63. The van der Waals surface area contributed by atoms with Crippen LogP contribution in [0.4, 0.5) is 22.2 Å². The molecular formula is C25H26Br3N7O2. The van der Waals surface area contributed by atoms with Crippen LogP contribution in [0.25, 0.3) is 0 Å². The maximum atomic E-state index is 11.1. The van der Waals surface area contributed by atoms with E-state index in [0.29, 0.717) is 24.6 Å². The summed E-state index contributed by atoms with van der Waals surface area (Å²) in [6, 6.07) is 5.68. The molecule has 3 amide bonds. The molecule has 3 aliphatic rings. The Morgan fingerprint density at radius 2 is 1.41 bits per heavy atom. The Morgan fingerprint density at radius 1 is 0.811 bits per heavy atom. The topological polar surface area (TPSA) is 126 Å². The van der Waals surface area contributed by atoms with Crippen LogP contribution in [0.15, 0.2) is 50.2 Å². The van der Waals surface area contributed by atoms with Crippen molar-refractivity contribution in [2.24, 2.45) is 5.73 Å². The monoisotopic (exact) mass is 693 g/mol. The minimum absolute atomic E-state index is 0.0531. The molecule has 12 heteroatoms. The van der Waals surface area contributed by atoms with Crippen molar-refractivity contribution in [3.8, 4) is 0 Å². The van der Waals surface area contributed by atoms with Gasteiger partial charge in [-0.25, -0.2) is 19.7 Å². The molecule has 0 saturated heterocycles. The van der Waals surface area contributed by atoms with Gasteiger partial charge in [-0.3, -0.25) is 9.69 Å². The Kier molecular flexibility index (Phi) is 9.49. The molecule has 6 rings (SSSR count). The van der Waals surface area contributed by atoms with Gasteiger partial charge in [0, 0.05) is 51.5 Å². The van der Waals surface area contributed by atoms with Gasteiger partial charge >= 0.3 is 6.03 Å². The number of rotatable bonds is 0. The molecule has 0 fully saturated rings. The number of anilines is 3. The van der Waals surface area contributed by atoms with Crippen LogP contribution in [-0.4, -0.2) is 40.0 Å². The fourth-order valence-electron chi connectivity index (χ4n) is 4.19. The number of pyridine rings is 3. The lowest BCUT2D eigenvalue weighted by molar-refractivity contribution is -0.116. The standard InChI is InChI=1S/C9H10BrN3O.C8H7BrN2O.C8H9BrN2/c10-7-4-6-2-1-3-13(9(11)14)8(6)12-5-7;9-6-3-5-1-2-7(12)11-8(5)10-4-6;9-7-4-6-2-1-3-10-8(6)11-5-7/h4-5H,1-3H2,(H2,11,14);3-4H,1-2H2,(H,10,11,12);4-5H,1-3H2,(H,10,11). The zero-order valence-corrected chi connectivity index (χ0v) is 24.7. The van der Waals surface area contributed by atoms with Crippen LogP contribution in [0.1, 0.15) is 36.0 Å². The Morgan fingerprint density at radius 3 is 2.11 bits per heavy atom. The highest BCUT2D eigenvalue weighted by Crippen LogP contribution is 2.27. The maximum absolute atomic E-state index is 11.1. The maximum Gasteiger partial charge on any atom is 0.320 e. The van der Waals surface area contributed by atoms with E-state index in [1.807, 2.05) is 18.3 Å². The molecule has 37 heavy (non-hydrogen) atoms. The number of nitrogens with two attached hydrogens (primary N) is 1. The lowest BCUT2D eigenvalue weighted by atomic mass is 10.1. The molecule has 0 atom stereocenters. The summed E-state index contributed by atoms with van der Waals surface area (Å²) in [5.41, 5.74) is 8.75. The minimum Gasteiger partial charge on any atom is -0.370 e. The fourth-order valence-corrected chi connectivity index (χ4v) is 5.33. The molecule has 0 saturated carbocycles. The number of hydrogen-bond donors (Lipinski definition) is 3. The number of urea groups is 1.